The van der Waals surface area contributed by atoms with Gasteiger partial charge in [0.15, 0.2) is 0 Å². The van der Waals surface area contributed by atoms with Crippen molar-refractivity contribution in [1.29, 1.82) is 0 Å². The van der Waals surface area contributed by atoms with Crippen LogP contribution in [0.1, 0.15) is 19.5 Å². The van der Waals surface area contributed by atoms with Gasteiger partial charge >= 0.3 is 0 Å². The molecule has 1 atom stereocenters. The molecule has 0 fully saturated rings. The standard InChI is InChI=1S/C17H25N3S/c1-5-18-11-14-10-17(20(3)13(2)12-21-4)15-8-6-7-9-16(15)19-14/h6-10,13,18H,5,11-12H2,1-4H3. The predicted octanol–water partition coefficient (Wildman–Crippen LogP) is 3.53. The Kier molecular flexibility index (Phi) is 5.88. The predicted molar refractivity (Wildman–Crippen MR) is 95.4 cm³/mol. The van der Waals surface area contributed by atoms with Gasteiger partial charge in [0, 0.05) is 36.5 Å². The molecule has 21 heavy (non-hydrogen) atoms. The molecule has 1 N–H and O–H groups in total. The van der Waals surface area contributed by atoms with E-state index in [4.69, 9.17) is 4.98 Å². The van der Waals surface area contributed by atoms with Gasteiger partial charge in [0.2, 0.25) is 0 Å². The molecule has 0 aliphatic heterocycles. The molecular weight excluding hydrogens is 278 g/mol. The molecule has 0 aliphatic carbocycles. The lowest BCUT2D eigenvalue weighted by molar-refractivity contribution is 0.711. The molecule has 0 amide bonds. The van der Waals surface area contributed by atoms with Crippen molar-refractivity contribution in [2.75, 3.05) is 30.5 Å². The fourth-order valence-electron chi connectivity index (χ4n) is 2.44. The van der Waals surface area contributed by atoms with Crippen molar-refractivity contribution >= 4 is 28.4 Å². The number of hydrogen-bond donors (Lipinski definition) is 1. The molecule has 1 aromatic heterocycles. The molecule has 0 radical (unpaired) electrons. The van der Waals surface area contributed by atoms with E-state index in [1.54, 1.807) is 0 Å². The third-order valence-electron chi connectivity index (χ3n) is 3.75. The van der Waals surface area contributed by atoms with Crippen molar-refractivity contribution < 1.29 is 0 Å². The smallest absolute Gasteiger partial charge is 0.0726 e. The molecule has 1 aromatic carbocycles. The second-order valence-corrected chi connectivity index (χ2v) is 6.26. The van der Waals surface area contributed by atoms with Crippen molar-refractivity contribution in [1.82, 2.24) is 10.3 Å². The minimum Gasteiger partial charge on any atom is -0.370 e. The lowest BCUT2D eigenvalue weighted by Crippen LogP contribution is -2.31. The number of para-hydroxylation sites is 1. The number of pyridine rings is 1. The normalized spacial score (nSPS) is 12.6. The Morgan fingerprint density at radius 3 is 2.81 bits per heavy atom. The molecular formula is C17H25N3S. The number of hydrogen-bond acceptors (Lipinski definition) is 4. The summed E-state index contributed by atoms with van der Waals surface area (Å²) in [6.45, 7) is 6.17. The van der Waals surface area contributed by atoms with Gasteiger partial charge in [-0.25, -0.2) is 0 Å². The van der Waals surface area contributed by atoms with E-state index in [2.05, 4.69) is 67.7 Å². The van der Waals surface area contributed by atoms with Crippen LogP contribution in [0.5, 0.6) is 0 Å². The van der Waals surface area contributed by atoms with Crippen molar-refractivity contribution in [2.24, 2.45) is 0 Å². The molecule has 0 spiro atoms. The summed E-state index contributed by atoms with van der Waals surface area (Å²) in [4.78, 5) is 7.14. The minimum absolute atomic E-state index is 0.498. The van der Waals surface area contributed by atoms with Gasteiger partial charge in [-0.2, -0.15) is 11.8 Å². The maximum Gasteiger partial charge on any atom is 0.0726 e. The van der Waals surface area contributed by atoms with Crippen LogP contribution in [0.25, 0.3) is 10.9 Å². The maximum atomic E-state index is 4.77. The summed E-state index contributed by atoms with van der Waals surface area (Å²) in [5.41, 5.74) is 3.45. The molecule has 0 saturated heterocycles. The zero-order valence-corrected chi connectivity index (χ0v) is 14.2. The zero-order chi connectivity index (χ0) is 15.2. The summed E-state index contributed by atoms with van der Waals surface area (Å²) in [7, 11) is 2.18. The van der Waals surface area contributed by atoms with Crippen molar-refractivity contribution in [3.05, 3.63) is 36.0 Å². The molecule has 0 aliphatic rings. The number of nitrogens with zero attached hydrogens (tertiary/aromatic N) is 2. The van der Waals surface area contributed by atoms with Crippen molar-refractivity contribution in [2.45, 2.75) is 26.4 Å². The number of anilines is 1. The summed E-state index contributed by atoms with van der Waals surface area (Å²) in [5.74, 6) is 1.12. The van der Waals surface area contributed by atoms with E-state index < -0.39 is 0 Å². The number of aromatic nitrogens is 1. The van der Waals surface area contributed by atoms with Crippen LogP contribution in [0, 0.1) is 0 Å². The number of benzene rings is 1. The third kappa shape index (κ3) is 3.89. The van der Waals surface area contributed by atoms with Gasteiger partial charge in [0.1, 0.15) is 0 Å². The van der Waals surface area contributed by atoms with Gasteiger partial charge < -0.3 is 10.2 Å². The highest BCUT2D eigenvalue weighted by atomic mass is 32.2. The molecule has 4 heteroatoms. The van der Waals surface area contributed by atoms with E-state index in [9.17, 15) is 0 Å². The van der Waals surface area contributed by atoms with Gasteiger partial charge in [0.05, 0.1) is 11.2 Å². The summed E-state index contributed by atoms with van der Waals surface area (Å²) >= 11 is 1.89. The van der Waals surface area contributed by atoms with Crippen LogP contribution in [0.15, 0.2) is 30.3 Å². The summed E-state index contributed by atoms with van der Waals surface area (Å²) in [5, 5.41) is 4.59. The second-order valence-electron chi connectivity index (χ2n) is 5.35. The average Bonchev–Trinajstić information content (AvgIpc) is 2.51. The molecule has 1 heterocycles. The number of fused-ring (bicyclic) bond motifs is 1. The highest BCUT2D eigenvalue weighted by molar-refractivity contribution is 7.98. The van der Waals surface area contributed by atoms with Gasteiger partial charge in [-0.3, -0.25) is 4.98 Å². The Bertz CT molecular complexity index is 585. The Labute approximate surface area is 132 Å². The van der Waals surface area contributed by atoms with Crippen LogP contribution >= 0.6 is 11.8 Å². The molecule has 2 rings (SSSR count). The van der Waals surface area contributed by atoms with Gasteiger partial charge in [-0.15, -0.1) is 0 Å². The van der Waals surface area contributed by atoms with Gasteiger partial charge in [-0.1, -0.05) is 25.1 Å². The zero-order valence-electron chi connectivity index (χ0n) is 13.4. The topological polar surface area (TPSA) is 28.2 Å². The Morgan fingerprint density at radius 2 is 2.10 bits per heavy atom. The quantitative estimate of drug-likeness (QED) is 0.847. The summed E-state index contributed by atoms with van der Waals surface area (Å²) < 4.78 is 0. The minimum atomic E-state index is 0.498. The van der Waals surface area contributed by atoms with Crippen molar-refractivity contribution in [3.8, 4) is 0 Å². The third-order valence-corrected chi connectivity index (χ3v) is 4.57. The van der Waals surface area contributed by atoms with Crippen LogP contribution < -0.4 is 10.2 Å². The Balaban J connectivity index is 2.43. The highest BCUT2D eigenvalue weighted by Gasteiger charge is 2.14. The molecule has 1 unspecified atom stereocenters. The maximum absolute atomic E-state index is 4.77. The van der Waals surface area contributed by atoms with E-state index >= 15 is 0 Å². The van der Waals surface area contributed by atoms with Gasteiger partial charge in [0.25, 0.3) is 0 Å². The van der Waals surface area contributed by atoms with Crippen LogP contribution in [0.4, 0.5) is 5.69 Å². The Hall–Kier alpha value is -1.26. The van der Waals surface area contributed by atoms with E-state index in [0.29, 0.717) is 6.04 Å². The lowest BCUT2D eigenvalue weighted by Gasteiger charge is -2.28. The fraction of sp³-hybridized carbons (Fsp3) is 0.471. The van der Waals surface area contributed by atoms with Crippen LogP contribution in [0.2, 0.25) is 0 Å². The number of rotatable bonds is 7. The average molecular weight is 303 g/mol. The molecule has 114 valence electrons. The van der Waals surface area contributed by atoms with Crippen LogP contribution in [0.3, 0.4) is 0 Å². The van der Waals surface area contributed by atoms with Crippen LogP contribution in [-0.4, -0.2) is 36.6 Å². The molecule has 0 saturated carbocycles. The van der Waals surface area contributed by atoms with E-state index in [-0.39, 0.29) is 0 Å². The van der Waals surface area contributed by atoms with E-state index in [1.807, 2.05) is 11.8 Å². The fourth-order valence-corrected chi connectivity index (χ4v) is 3.14. The first-order valence-electron chi connectivity index (χ1n) is 7.48. The highest BCUT2D eigenvalue weighted by Crippen LogP contribution is 2.27. The first kappa shape index (κ1) is 16.1. The van der Waals surface area contributed by atoms with E-state index in [1.165, 1.54) is 11.1 Å². The monoisotopic (exact) mass is 303 g/mol. The lowest BCUT2D eigenvalue weighted by atomic mass is 10.1. The molecule has 0 bridgehead atoms. The molecule has 2 aromatic rings. The SMILES string of the molecule is CCNCc1cc(N(C)C(C)CSC)c2ccccc2n1. The number of nitrogens with one attached hydrogen (secondary N) is 1. The van der Waals surface area contributed by atoms with E-state index in [0.717, 1.165) is 30.1 Å². The first-order valence-corrected chi connectivity index (χ1v) is 8.88. The first-order chi connectivity index (χ1) is 10.2. The number of thioether (sulfide) groups is 1. The molecule has 3 nitrogen and oxygen atoms in total. The van der Waals surface area contributed by atoms with Gasteiger partial charge in [-0.05, 0) is 31.9 Å². The van der Waals surface area contributed by atoms with Crippen LogP contribution in [-0.2, 0) is 6.54 Å². The second kappa shape index (κ2) is 7.66. The van der Waals surface area contributed by atoms with Crippen molar-refractivity contribution in [3.63, 3.8) is 0 Å². The summed E-state index contributed by atoms with van der Waals surface area (Å²) in [6, 6.07) is 11.1. The Morgan fingerprint density at radius 1 is 1.33 bits per heavy atom. The summed E-state index contributed by atoms with van der Waals surface area (Å²) in [6.07, 6.45) is 2.16. The largest absolute Gasteiger partial charge is 0.370 e.